The Balaban J connectivity index is 1.59. The molecule has 186 valence electrons. The van der Waals surface area contributed by atoms with Gasteiger partial charge in [-0.2, -0.15) is 26.3 Å². The molecule has 2 aromatic rings. The first-order valence-electron chi connectivity index (χ1n) is 11.7. The molecule has 1 amide bonds. The van der Waals surface area contributed by atoms with Crippen LogP contribution in [0.5, 0.6) is 5.75 Å². The van der Waals surface area contributed by atoms with E-state index >= 15 is 0 Å². The number of hydrogen-bond acceptors (Lipinski definition) is 2. The number of ether oxygens (including phenoxy) is 1. The molecule has 0 atom stereocenters. The van der Waals surface area contributed by atoms with Gasteiger partial charge in [-0.1, -0.05) is 25.0 Å². The van der Waals surface area contributed by atoms with Gasteiger partial charge in [-0.3, -0.25) is 4.79 Å². The minimum Gasteiger partial charge on any atom is -0.490 e. The van der Waals surface area contributed by atoms with Gasteiger partial charge in [0.2, 0.25) is 0 Å². The van der Waals surface area contributed by atoms with E-state index in [0.29, 0.717) is 18.7 Å². The van der Waals surface area contributed by atoms with Crippen molar-refractivity contribution in [3.05, 3.63) is 41.5 Å². The lowest BCUT2D eigenvalue weighted by Crippen LogP contribution is -2.32. The highest BCUT2D eigenvalue weighted by Crippen LogP contribution is 2.44. The van der Waals surface area contributed by atoms with Crippen molar-refractivity contribution in [1.29, 1.82) is 0 Å². The molecule has 2 aliphatic rings. The third-order valence-electron chi connectivity index (χ3n) is 6.84. The molecular formula is C25H27F6NO2. The van der Waals surface area contributed by atoms with Gasteiger partial charge in [0.05, 0.1) is 12.0 Å². The number of hydrogen-bond donors (Lipinski definition) is 0. The molecule has 2 fully saturated rings. The molecule has 34 heavy (non-hydrogen) atoms. The minimum absolute atomic E-state index is 0.0444. The smallest absolute Gasteiger partial charge is 0.420 e. The van der Waals surface area contributed by atoms with Crippen molar-refractivity contribution in [3.8, 4) is 5.75 Å². The SMILES string of the molecule is O=C(c1ccc2c(C(F)(F)F)c(OC3CCC(C(F)(F)F)CC3)ccc2c1)N1CCCCCC1. The van der Waals surface area contributed by atoms with Gasteiger partial charge in [-0.15, -0.1) is 0 Å². The monoisotopic (exact) mass is 487 g/mol. The van der Waals surface area contributed by atoms with Crippen LogP contribution >= 0.6 is 0 Å². The van der Waals surface area contributed by atoms with Crippen LogP contribution in [0, 0.1) is 5.92 Å². The van der Waals surface area contributed by atoms with Crippen molar-refractivity contribution in [1.82, 2.24) is 4.90 Å². The van der Waals surface area contributed by atoms with Gasteiger partial charge in [0.15, 0.2) is 0 Å². The second-order valence-corrected chi connectivity index (χ2v) is 9.21. The predicted molar refractivity (Wildman–Crippen MR) is 116 cm³/mol. The Morgan fingerprint density at radius 3 is 2.09 bits per heavy atom. The quantitative estimate of drug-likeness (QED) is 0.423. The summed E-state index contributed by atoms with van der Waals surface area (Å²) in [6.45, 7) is 1.27. The maximum Gasteiger partial charge on any atom is 0.420 e. The van der Waals surface area contributed by atoms with Crippen LogP contribution < -0.4 is 4.74 Å². The van der Waals surface area contributed by atoms with Gasteiger partial charge in [0.1, 0.15) is 11.3 Å². The summed E-state index contributed by atoms with van der Waals surface area (Å²) in [6.07, 6.45) is -6.05. The molecule has 1 saturated heterocycles. The molecule has 4 rings (SSSR count). The third kappa shape index (κ3) is 5.44. The van der Waals surface area contributed by atoms with Crippen molar-refractivity contribution in [3.63, 3.8) is 0 Å². The molecule has 1 aliphatic heterocycles. The Morgan fingerprint density at radius 1 is 0.853 bits per heavy atom. The number of carbonyl (C=O) groups is 1. The van der Waals surface area contributed by atoms with Crippen LogP contribution in [0.2, 0.25) is 0 Å². The summed E-state index contributed by atoms with van der Waals surface area (Å²) in [7, 11) is 0. The van der Waals surface area contributed by atoms with Crippen LogP contribution in [-0.4, -0.2) is 36.2 Å². The summed E-state index contributed by atoms with van der Waals surface area (Å²) >= 11 is 0. The van der Waals surface area contributed by atoms with E-state index in [1.807, 2.05) is 0 Å². The van der Waals surface area contributed by atoms with E-state index in [0.717, 1.165) is 25.7 Å². The molecule has 0 bridgehead atoms. The minimum atomic E-state index is -4.73. The molecule has 1 saturated carbocycles. The number of halogens is 6. The molecule has 0 radical (unpaired) electrons. The average Bonchev–Trinajstić information content (AvgIpc) is 3.06. The highest BCUT2D eigenvalue weighted by atomic mass is 19.4. The number of rotatable bonds is 3. The van der Waals surface area contributed by atoms with Crippen molar-refractivity contribution < 1.29 is 35.9 Å². The Kier molecular flexibility index (Phi) is 7.01. The first-order chi connectivity index (χ1) is 16.0. The second-order valence-electron chi connectivity index (χ2n) is 9.21. The number of benzene rings is 2. The summed E-state index contributed by atoms with van der Waals surface area (Å²) in [4.78, 5) is 14.6. The molecule has 0 N–H and O–H groups in total. The fourth-order valence-corrected chi connectivity index (χ4v) is 4.98. The zero-order valence-corrected chi connectivity index (χ0v) is 18.6. The lowest BCUT2D eigenvalue weighted by Gasteiger charge is -2.31. The fraction of sp³-hybridized carbons (Fsp3) is 0.560. The fourth-order valence-electron chi connectivity index (χ4n) is 4.98. The Labute approximate surface area is 194 Å². The number of likely N-dealkylation sites (tertiary alicyclic amines) is 1. The van der Waals surface area contributed by atoms with Crippen molar-refractivity contribution in [2.75, 3.05) is 13.1 Å². The van der Waals surface area contributed by atoms with E-state index in [1.165, 1.54) is 30.3 Å². The molecule has 3 nitrogen and oxygen atoms in total. The molecule has 9 heteroatoms. The number of nitrogens with zero attached hydrogens (tertiary/aromatic N) is 1. The summed E-state index contributed by atoms with van der Waals surface area (Å²) < 4.78 is 86.4. The van der Waals surface area contributed by atoms with Gasteiger partial charge in [-0.05, 0) is 67.5 Å². The number of carbonyl (C=O) groups excluding carboxylic acids is 1. The number of alkyl halides is 6. The number of fused-ring (bicyclic) bond motifs is 1. The largest absolute Gasteiger partial charge is 0.490 e. The zero-order valence-electron chi connectivity index (χ0n) is 18.6. The van der Waals surface area contributed by atoms with E-state index in [2.05, 4.69) is 0 Å². The van der Waals surface area contributed by atoms with Crippen molar-refractivity contribution >= 4 is 16.7 Å². The second kappa shape index (κ2) is 9.66. The standard InChI is InChI=1S/C25H27F6NO2/c26-24(27,28)18-7-9-19(10-8-18)34-21-12-6-16-15-17(5-11-20(16)22(21)25(29,30)31)23(33)32-13-3-1-2-4-14-32/h5-6,11-12,15,18-19H,1-4,7-10,13-14H2. The summed E-state index contributed by atoms with van der Waals surface area (Å²) in [6, 6.07) is 6.84. The van der Waals surface area contributed by atoms with Crippen LogP contribution in [-0.2, 0) is 6.18 Å². The highest BCUT2D eigenvalue weighted by Gasteiger charge is 2.42. The topological polar surface area (TPSA) is 29.5 Å². The summed E-state index contributed by atoms with van der Waals surface area (Å²) in [5.74, 6) is -2.02. The molecule has 0 unspecified atom stereocenters. The van der Waals surface area contributed by atoms with Gasteiger partial charge in [0.25, 0.3) is 5.91 Å². The Hall–Kier alpha value is -2.45. The van der Waals surface area contributed by atoms with Gasteiger partial charge < -0.3 is 9.64 Å². The van der Waals surface area contributed by atoms with E-state index in [-0.39, 0.29) is 48.1 Å². The van der Waals surface area contributed by atoms with E-state index in [9.17, 15) is 31.1 Å². The Bertz CT molecular complexity index is 1020. The van der Waals surface area contributed by atoms with E-state index in [1.54, 1.807) is 4.90 Å². The highest BCUT2D eigenvalue weighted by molar-refractivity contribution is 5.99. The van der Waals surface area contributed by atoms with Gasteiger partial charge >= 0.3 is 12.4 Å². The average molecular weight is 487 g/mol. The van der Waals surface area contributed by atoms with Crippen LogP contribution in [0.25, 0.3) is 10.8 Å². The van der Waals surface area contributed by atoms with Gasteiger partial charge in [0, 0.05) is 18.7 Å². The summed E-state index contributed by atoms with van der Waals surface area (Å²) in [5, 5.41) is 0.169. The Morgan fingerprint density at radius 2 is 1.50 bits per heavy atom. The lowest BCUT2D eigenvalue weighted by atomic mass is 9.87. The van der Waals surface area contributed by atoms with Crippen LogP contribution in [0.3, 0.4) is 0 Å². The van der Waals surface area contributed by atoms with Gasteiger partial charge in [-0.25, -0.2) is 0 Å². The maximum absolute atomic E-state index is 14.0. The molecule has 0 aromatic heterocycles. The van der Waals surface area contributed by atoms with Crippen molar-refractivity contribution in [2.24, 2.45) is 5.92 Å². The molecule has 1 aliphatic carbocycles. The van der Waals surface area contributed by atoms with E-state index in [4.69, 9.17) is 4.74 Å². The molecule has 2 aromatic carbocycles. The maximum atomic E-state index is 14.0. The van der Waals surface area contributed by atoms with Crippen LogP contribution in [0.1, 0.15) is 67.3 Å². The first kappa shape index (κ1) is 24.7. The molecule has 0 spiro atoms. The number of amides is 1. The summed E-state index contributed by atoms with van der Waals surface area (Å²) in [5.41, 5.74) is -0.626. The third-order valence-corrected chi connectivity index (χ3v) is 6.84. The van der Waals surface area contributed by atoms with Crippen LogP contribution in [0.15, 0.2) is 30.3 Å². The predicted octanol–water partition coefficient (Wildman–Crippen LogP) is 7.37. The van der Waals surface area contributed by atoms with Crippen LogP contribution in [0.4, 0.5) is 26.3 Å². The first-order valence-corrected chi connectivity index (χ1v) is 11.7. The molecular weight excluding hydrogens is 460 g/mol. The zero-order chi connectivity index (χ0) is 24.5. The van der Waals surface area contributed by atoms with E-state index < -0.39 is 29.9 Å². The lowest BCUT2D eigenvalue weighted by molar-refractivity contribution is -0.185. The molecule has 1 heterocycles. The normalized spacial score (nSPS) is 22.5. The van der Waals surface area contributed by atoms with Crippen molar-refractivity contribution in [2.45, 2.75) is 69.8 Å².